The van der Waals surface area contributed by atoms with Crippen LogP contribution in [-0.2, 0) is 22.2 Å². The van der Waals surface area contributed by atoms with Crippen molar-refractivity contribution in [2.24, 2.45) is 11.3 Å². The summed E-state index contributed by atoms with van der Waals surface area (Å²) >= 11 is 0. The Morgan fingerprint density at radius 2 is 1.68 bits per heavy atom. The van der Waals surface area contributed by atoms with Gasteiger partial charge in [-0.15, -0.1) is 0 Å². The quantitative estimate of drug-likeness (QED) is 0.411. The largest absolute Gasteiger partial charge is 0.493 e. The van der Waals surface area contributed by atoms with Crippen LogP contribution in [0.25, 0.3) is 11.3 Å². The van der Waals surface area contributed by atoms with Gasteiger partial charge < -0.3 is 19.3 Å². The molecule has 222 valence electrons. The Balaban J connectivity index is 1.43. The Bertz CT molecular complexity index is 1330. The molecule has 2 aliphatic heterocycles. The summed E-state index contributed by atoms with van der Waals surface area (Å²) in [5.41, 5.74) is 6.20. The van der Waals surface area contributed by atoms with Gasteiger partial charge in [-0.2, -0.15) is 0 Å². The van der Waals surface area contributed by atoms with Crippen LogP contribution in [-0.4, -0.2) is 46.1 Å². The average Bonchev–Trinajstić information content (AvgIpc) is 3.64. The van der Waals surface area contributed by atoms with Crippen molar-refractivity contribution >= 4 is 11.9 Å². The molecule has 6 rings (SSSR count). The molecule has 1 aromatic carbocycles. The van der Waals surface area contributed by atoms with E-state index < -0.39 is 11.4 Å². The highest BCUT2D eigenvalue weighted by atomic mass is 16.5. The van der Waals surface area contributed by atoms with Crippen LogP contribution in [0, 0.1) is 18.3 Å². The number of piperidine rings is 1. The summed E-state index contributed by atoms with van der Waals surface area (Å²) < 4.78 is 8.81. The predicted octanol–water partition coefficient (Wildman–Crippen LogP) is 7.48. The zero-order chi connectivity index (χ0) is 29.2. The van der Waals surface area contributed by atoms with Crippen molar-refractivity contribution in [1.29, 1.82) is 0 Å². The first-order chi connectivity index (χ1) is 19.4. The zero-order valence-electron chi connectivity index (χ0n) is 25.8. The minimum atomic E-state index is -0.763. The van der Waals surface area contributed by atoms with Crippen LogP contribution in [0.2, 0.25) is 0 Å². The Hall–Kier alpha value is -2.76. The number of carbonyl (C=O) groups is 2. The molecule has 1 aromatic heterocycles. The molecule has 0 atom stereocenters. The lowest BCUT2D eigenvalue weighted by molar-refractivity contribution is -0.150. The molecule has 2 saturated carbocycles. The third-order valence-corrected chi connectivity index (χ3v) is 10.9. The summed E-state index contributed by atoms with van der Waals surface area (Å²) in [6, 6.07) is 6.86. The van der Waals surface area contributed by atoms with Gasteiger partial charge in [-0.25, -0.2) is 0 Å². The fraction of sp³-hybridized carbons (Fsp3) is 0.657. The van der Waals surface area contributed by atoms with Crippen molar-refractivity contribution in [1.82, 2.24) is 9.47 Å². The van der Waals surface area contributed by atoms with Gasteiger partial charge >= 0.3 is 5.97 Å². The van der Waals surface area contributed by atoms with E-state index >= 15 is 0 Å². The number of hydrogen-bond acceptors (Lipinski definition) is 3. The van der Waals surface area contributed by atoms with E-state index in [0.717, 1.165) is 42.3 Å². The molecule has 6 nitrogen and oxygen atoms in total. The first-order valence-corrected chi connectivity index (χ1v) is 16.0. The van der Waals surface area contributed by atoms with Crippen LogP contribution in [0.15, 0.2) is 18.2 Å². The highest BCUT2D eigenvalue weighted by Gasteiger charge is 2.49. The van der Waals surface area contributed by atoms with Gasteiger partial charge in [-0.05, 0) is 93.9 Å². The molecule has 1 N–H and O–H groups in total. The number of rotatable bonds is 5. The lowest BCUT2D eigenvalue weighted by atomic mass is 9.79. The van der Waals surface area contributed by atoms with E-state index in [2.05, 4.69) is 50.5 Å². The molecule has 2 aromatic rings. The number of aliphatic carboxylic acids is 1. The fourth-order valence-corrected chi connectivity index (χ4v) is 7.59. The molecule has 4 aliphatic rings. The van der Waals surface area contributed by atoms with Gasteiger partial charge in [0.25, 0.3) is 5.91 Å². The first kappa shape index (κ1) is 28.4. The maximum absolute atomic E-state index is 14.0. The van der Waals surface area contributed by atoms with E-state index in [-0.39, 0.29) is 16.7 Å². The van der Waals surface area contributed by atoms with Crippen LogP contribution >= 0.6 is 0 Å². The monoisotopic (exact) mass is 560 g/mol. The minimum Gasteiger partial charge on any atom is -0.493 e. The number of benzene rings is 1. The van der Waals surface area contributed by atoms with Crippen molar-refractivity contribution < 1.29 is 19.4 Å². The fourth-order valence-electron chi connectivity index (χ4n) is 7.59. The Morgan fingerprint density at radius 1 is 1.00 bits per heavy atom. The van der Waals surface area contributed by atoms with E-state index in [1.54, 1.807) is 6.92 Å². The summed E-state index contributed by atoms with van der Waals surface area (Å²) in [5.74, 6) is 0.995. The molecule has 41 heavy (non-hydrogen) atoms. The van der Waals surface area contributed by atoms with Crippen LogP contribution in [0.4, 0.5) is 0 Å². The number of nitrogens with zero attached hydrogens (tertiary/aromatic N) is 2. The third-order valence-electron chi connectivity index (χ3n) is 10.9. The normalized spacial score (nSPS) is 21.8. The molecule has 0 unspecified atom stereocenters. The van der Waals surface area contributed by atoms with E-state index in [9.17, 15) is 14.7 Å². The summed E-state index contributed by atoms with van der Waals surface area (Å²) in [4.78, 5) is 27.7. The highest BCUT2D eigenvalue weighted by molar-refractivity contribution is 5.97. The van der Waals surface area contributed by atoms with Crippen LogP contribution in [0.3, 0.4) is 0 Å². The number of hydrogen-bond donors (Lipinski definition) is 1. The van der Waals surface area contributed by atoms with Gasteiger partial charge in [0.1, 0.15) is 5.75 Å². The SMILES string of the molecule is Cc1c(C(=O)N2CCC(C)(C(=O)O)CC2)cc(-c2cc(C(C)(C)C)c3c(c2)C2(CCO3)CC2)n1CC1CCCCC1. The van der Waals surface area contributed by atoms with Gasteiger partial charge in [-0.3, -0.25) is 9.59 Å². The number of fused-ring (bicyclic) bond motifs is 2. The second kappa shape index (κ2) is 10.2. The maximum Gasteiger partial charge on any atom is 0.309 e. The van der Waals surface area contributed by atoms with E-state index in [0.29, 0.717) is 31.8 Å². The average molecular weight is 561 g/mol. The Kier molecular flexibility index (Phi) is 7.06. The van der Waals surface area contributed by atoms with E-state index in [4.69, 9.17) is 4.74 Å². The summed E-state index contributed by atoms with van der Waals surface area (Å²) in [7, 11) is 0. The van der Waals surface area contributed by atoms with Crippen LogP contribution in [0.1, 0.15) is 119 Å². The van der Waals surface area contributed by atoms with Gasteiger partial charge in [0.05, 0.1) is 17.6 Å². The summed E-state index contributed by atoms with van der Waals surface area (Å²) in [6.45, 7) is 13.4. The highest BCUT2D eigenvalue weighted by Crippen LogP contribution is 2.58. The molecule has 1 amide bonds. The van der Waals surface area contributed by atoms with Gasteiger partial charge in [-0.1, -0.05) is 40.0 Å². The molecule has 1 saturated heterocycles. The molecule has 3 fully saturated rings. The van der Waals surface area contributed by atoms with Crippen molar-refractivity contribution in [2.75, 3.05) is 19.7 Å². The van der Waals surface area contributed by atoms with Crippen molar-refractivity contribution in [3.63, 3.8) is 0 Å². The summed E-state index contributed by atoms with van der Waals surface area (Å²) in [5, 5.41) is 9.69. The molecule has 0 radical (unpaired) electrons. The number of carbonyl (C=O) groups excluding carboxylic acids is 1. The van der Waals surface area contributed by atoms with E-state index in [1.807, 2.05) is 4.90 Å². The van der Waals surface area contributed by atoms with Crippen molar-refractivity contribution in [3.8, 4) is 17.0 Å². The number of ether oxygens (including phenoxy) is 1. The number of likely N-dealkylation sites (tertiary alicyclic amines) is 1. The summed E-state index contributed by atoms with van der Waals surface area (Å²) in [6.07, 6.45) is 10.9. The Labute approximate surface area is 245 Å². The van der Waals surface area contributed by atoms with E-state index in [1.165, 1.54) is 61.6 Å². The van der Waals surface area contributed by atoms with Crippen molar-refractivity contribution in [2.45, 2.75) is 116 Å². The molecule has 6 heteroatoms. The minimum absolute atomic E-state index is 0.0367. The standard InChI is InChI=1S/C35H48N2O4/c1-23-26(31(38)36-16-13-34(5,14-17-36)32(39)40)21-29(37(23)22-24-9-7-6-8-10-24)25-19-27(33(2,3)4)30-28(20-25)35(11-12-35)15-18-41-30/h19-21,24H,6-18,22H2,1-5H3,(H,39,40). The molecular weight excluding hydrogens is 512 g/mol. The maximum atomic E-state index is 14.0. The lowest BCUT2D eigenvalue weighted by Crippen LogP contribution is -2.45. The van der Waals surface area contributed by atoms with Crippen molar-refractivity contribution in [3.05, 3.63) is 40.6 Å². The molecular formula is C35H48N2O4. The van der Waals surface area contributed by atoms with Gasteiger partial charge in [0.15, 0.2) is 0 Å². The molecule has 3 heterocycles. The first-order valence-electron chi connectivity index (χ1n) is 16.0. The predicted molar refractivity (Wildman–Crippen MR) is 162 cm³/mol. The van der Waals surface area contributed by atoms with Crippen LogP contribution < -0.4 is 4.74 Å². The third kappa shape index (κ3) is 5.10. The smallest absolute Gasteiger partial charge is 0.309 e. The second-order valence-electron chi connectivity index (χ2n) is 14.8. The molecule has 2 aliphatic carbocycles. The number of aromatic nitrogens is 1. The topological polar surface area (TPSA) is 71.8 Å². The van der Waals surface area contributed by atoms with Gasteiger partial charge in [0.2, 0.25) is 0 Å². The van der Waals surface area contributed by atoms with Crippen LogP contribution in [0.5, 0.6) is 5.75 Å². The number of amides is 1. The molecule has 1 spiro atoms. The zero-order valence-corrected chi connectivity index (χ0v) is 25.8. The number of carboxylic acids is 1. The number of carboxylic acid groups (broad SMARTS) is 1. The Morgan fingerprint density at radius 3 is 2.29 bits per heavy atom. The van der Waals surface area contributed by atoms with Gasteiger partial charge in [0, 0.05) is 47.6 Å². The second-order valence-corrected chi connectivity index (χ2v) is 14.8. The molecule has 0 bridgehead atoms. The lowest BCUT2D eigenvalue weighted by Gasteiger charge is -2.36.